The Morgan fingerprint density at radius 3 is 2.75 bits per heavy atom. The lowest BCUT2D eigenvalue weighted by Gasteiger charge is -2.10. The number of hydrogen-bond acceptors (Lipinski definition) is 2. The van der Waals surface area contributed by atoms with E-state index >= 15 is 0 Å². The Balaban J connectivity index is 1.72. The highest BCUT2D eigenvalue weighted by atomic mass is 19.1. The van der Waals surface area contributed by atoms with Crippen molar-refractivity contribution in [2.24, 2.45) is 0 Å². The zero-order valence-electron chi connectivity index (χ0n) is 10.6. The third-order valence-electron chi connectivity index (χ3n) is 3.39. The summed E-state index contributed by atoms with van der Waals surface area (Å²) in [6.45, 7) is 0. The Labute approximate surface area is 115 Å². The van der Waals surface area contributed by atoms with Gasteiger partial charge in [0, 0.05) is 18.9 Å². The summed E-state index contributed by atoms with van der Waals surface area (Å²) in [4.78, 5) is 12.1. The van der Waals surface area contributed by atoms with Crippen LogP contribution in [0.25, 0.3) is 0 Å². The number of halogens is 2. The second-order valence-electron chi connectivity index (χ2n) is 4.80. The minimum Gasteiger partial charge on any atom is -0.482 e. The van der Waals surface area contributed by atoms with Crippen molar-refractivity contribution in [3.63, 3.8) is 0 Å². The van der Waals surface area contributed by atoms with Gasteiger partial charge in [-0.15, -0.1) is 0 Å². The van der Waals surface area contributed by atoms with Crippen LogP contribution in [0.5, 0.6) is 5.75 Å². The van der Waals surface area contributed by atoms with Crippen LogP contribution in [0.2, 0.25) is 0 Å². The molecule has 0 N–H and O–H groups in total. The summed E-state index contributed by atoms with van der Waals surface area (Å²) in [5, 5.41) is 0. The molecule has 3 rings (SSSR count). The molecule has 0 saturated carbocycles. The SMILES string of the molecule is O=C(Cc1ccc(F)cc1F)C1Cc2ccccc2O1. The largest absolute Gasteiger partial charge is 0.482 e. The molecule has 0 fully saturated rings. The van der Waals surface area contributed by atoms with E-state index in [-0.39, 0.29) is 17.8 Å². The Hall–Kier alpha value is -2.23. The molecule has 2 aromatic carbocycles. The fourth-order valence-corrected chi connectivity index (χ4v) is 2.33. The maximum atomic E-state index is 13.5. The molecule has 1 heterocycles. The first kappa shape index (κ1) is 12.8. The number of rotatable bonds is 3. The second kappa shape index (κ2) is 5.04. The van der Waals surface area contributed by atoms with Gasteiger partial charge >= 0.3 is 0 Å². The summed E-state index contributed by atoms with van der Waals surface area (Å²) in [7, 11) is 0. The van der Waals surface area contributed by atoms with Gasteiger partial charge in [0.05, 0.1) is 0 Å². The van der Waals surface area contributed by atoms with Gasteiger partial charge in [0.25, 0.3) is 0 Å². The summed E-state index contributed by atoms with van der Waals surface area (Å²) < 4.78 is 31.9. The zero-order chi connectivity index (χ0) is 14.1. The Kier molecular flexibility index (Phi) is 3.22. The minimum atomic E-state index is -0.700. The monoisotopic (exact) mass is 274 g/mol. The Morgan fingerprint density at radius 2 is 2.00 bits per heavy atom. The minimum absolute atomic E-state index is 0.0925. The third-order valence-corrected chi connectivity index (χ3v) is 3.39. The van der Waals surface area contributed by atoms with Gasteiger partial charge in [-0.3, -0.25) is 4.79 Å². The van der Waals surface area contributed by atoms with Crippen LogP contribution < -0.4 is 4.74 Å². The van der Waals surface area contributed by atoms with E-state index in [1.165, 1.54) is 6.07 Å². The summed E-state index contributed by atoms with van der Waals surface area (Å²) in [6.07, 6.45) is -0.181. The molecular formula is C16H12F2O2. The Bertz CT molecular complexity index is 642. The van der Waals surface area contributed by atoms with Crippen molar-refractivity contribution in [1.29, 1.82) is 0 Å². The molecule has 20 heavy (non-hydrogen) atoms. The summed E-state index contributed by atoms with van der Waals surface area (Å²) in [6, 6.07) is 10.7. The van der Waals surface area contributed by atoms with E-state index in [4.69, 9.17) is 4.74 Å². The van der Waals surface area contributed by atoms with Gasteiger partial charge in [-0.25, -0.2) is 8.78 Å². The molecule has 0 spiro atoms. The fraction of sp³-hybridized carbons (Fsp3) is 0.188. The lowest BCUT2D eigenvalue weighted by molar-refractivity contribution is -0.124. The van der Waals surface area contributed by atoms with E-state index in [1.54, 1.807) is 6.07 Å². The van der Waals surface area contributed by atoms with Crippen molar-refractivity contribution in [1.82, 2.24) is 0 Å². The van der Waals surface area contributed by atoms with Crippen LogP contribution in [0.3, 0.4) is 0 Å². The number of hydrogen-bond donors (Lipinski definition) is 0. The molecule has 1 aliphatic heterocycles. The van der Waals surface area contributed by atoms with Crippen molar-refractivity contribution in [2.45, 2.75) is 18.9 Å². The molecule has 4 heteroatoms. The third kappa shape index (κ3) is 2.41. The lowest BCUT2D eigenvalue weighted by Crippen LogP contribution is -2.27. The molecule has 0 bridgehead atoms. The van der Waals surface area contributed by atoms with Crippen LogP contribution in [0, 0.1) is 11.6 Å². The highest BCUT2D eigenvalue weighted by Crippen LogP contribution is 2.29. The van der Waals surface area contributed by atoms with E-state index in [1.807, 2.05) is 18.2 Å². The van der Waals surface area contributed by atoms with Gasteiger partial charge < -0.3 is 4.74 Å². The van der Waals surface area contributed by atoms with Gasteiger partial charge in [0.2, 0.25) is 0 Å². The maximum absolute atomic E-state index is 13.5. The summed E-state index contributed by atoms with van der Waals surface area (Å²) in [5.41, 5.74) is 1.17. The first-order chi connectivity index (χ1) is 9.63. The highest BCUT2D eigenvalue weighted by molar-refractivity contribution is 5.86. The number of Topliss-reactive ketones (excluding diaryl/α,β-unsaturated/α-hetero) is 1. The van der Waals surface area contributed by atoms with Crippen LogP contribution in [-0.2, 0) is 17.6 Å². The van der Waals surface area contributed by atoms with Gasteiger partial charge in [-0.05, 0) is 23.3 Å². The van der Waals surface area contributed by atoms with E-state index in [0.29, 0.717) is 12.2 Å². The predicted octanol–water partition coefficient (Wildman–Crippen LogP) is 3.08. The molecule has 2 nitrogen and oxygen atoms in total. The van der Waals surface area contributed by atoms with Gasteiger partial charge in [0.1, 0.15) is 17.4 Å². The van der Waals surface area contributed by atoms with E-state index in [0.717, 1.165) is 17.7 Å². The molecule has 0 amide bonds. The normalized spacial score (nSPS) is 16.6. The predicted molar refractivity (Wildman–Crippen MR) is 69.6 cm³/mol. The first-order valence-electron chi connectivity index (χ1n) is 6.34. The number of carbonyl (C=O) groups is 1. The van der Waals surface area contributed by atoms with E-state index in [9.17, 15) is 13.6 Å². The summed E-state index contributed by atoms with van der Waals surface area (Å²) in [5.74, 6) is -0.853. The molecule has 1 aliphatic rings. The lowest BCUT2D eigenvalue weighted by atomic mass is 10.0. The van der Waals surface area contributed by atoms with Crippen LogP contribution in [0.15, 0.2) is 42.5 Å². The topological polar surface area (TPSA) is 26.3 Å². The van der Waals surface area contributed by atoms with Crippen molar-refractivity contribution in [2.75, 3.05) is 0 Å². The maximum Gasteiger partial charge on any atom is 0.178 e. The van der Waals surface area contributed by atoms with Crippen LogP contribution >= 0.6 is 0 Å². The molecule has 2 aromatic rings. The molecule has 0 radical (unpaired) electrons. The highest BCUT2D eigenvalue weighted by Gasteiger charge is 2.28. The zero-order valence-corrected chi connectivity index (χ0v) is 10.6. The van der Waals surface area contributed by atoms with Crippen LogP contribution in [0.4, 0.5) is 8.78 Å². The molecule has 0 aliphatic carbocycles. The molecule has 102 valence electrons. The number of carbonyl (C=O) groups excluding carboxylic acids is 1. The first-order valence-corrected chi connectivity index (χ1v) is 6.34. The van der Waals surface area contributed by atoms with Crippen molar-refractivity contribution >= 4 is 5.78 Å². The number of fused-ring (bicyclic) bond motifs is 1. The molecule has 1 unspecified atom stereocenters. The number of ketones is 1. The van der Waals surface area contributed by atoms with E-state index < -0.39 is 17.7 Å². The molecule has 0 aromatic heterocycles. The van der Waals surface area contributed by atoms with Crippen molar-refractivity contribution in [3.05, 3.63) is 65.2 Å². The van der Waals surface area contributed by atoms with Gasteiger partial charge in [0.15, 0.2) is 11.9 Å². The van der Waals surface area contributed by atoms with Gasteiger partial charge in [-0.2, -0.15) is 0 Å². The smallest absolute Gasteiger partial charge is 0.178 e. The number of benzene rings is 2. The summed E-state index contributed by atoms with van der Waals surface area (Å²) >= 11 is 0. The quantitative estimate of drug-likeness (QED) is 0.859. The van der Waals surface area contributed by atoms with Crippen molar-refractivity contribution < 1.29 is 18.3 Å². The Morgan fingerprint density at radius 1 is 1.20 bits per heavy atom. The second-order valence-corrected chi connectivity index (χ2v) is 4.80. The van der Waals surface area contributed by atoms with Crippen LogP contribution in [-0.4, -0.2) is 11.9 Å². The number of ether oxygens (including phenoxy) is 1. The van der Waals surface area contributed by atoms with Crippen LogP contribution in [0.1, 0.15) is 11.1 Å². The average molecular weight is 274 g/mol. The molecular weight excluding hydrogens is 262 g/mol. The number of para-hydroxylation sites is 1. The average Bonchev–Trinajstić information content (AvgIpc) is 2.86. The standard InChI is InChI=1S/C16H12F2O2/c17-12-6-5-10(13(18)9-12)7-14(19)16-8-11-3-1-2-4-15(11)20-16/h1-6,9,16H,7-8H2. The fourth-order valence-electron chi connectivity index (χ4n) is 2.33. The molecule has 1 atom stereocenters. The van der Waals surface area contributed by atoms with Gasteiger partial charge in [-0.1, -0.05) is 24.3 Å². The molecule has 0 saturated heterocycles. The van der Waals surface area contributed by atoms with E-state index in [2.05, 4.69) is 0 Å². The van der Waals surface area contributed by atoms with Crippen molar-refractivity contribution in [3.8, 4) is 5.75 Å².